The summed E-state index contributed by atoms with van der Waals surface area (Å²) in [5.74, 6) is 0.810. The van der Waals surface area contributed by atoms with Crippen LogP contribution in [-0.2, 0) is 13.2 Å². The van der Waals surface area contributed by atoms with E-state index in [9.17, 15) is 4.39 Å². The summed E-state index contributed by atoms with van der Waals surface area (Å²) in [6, 6.07) is 19.9. The van der Waals surface area contributed by atoms with Crippen LogP contribution in [0.4, 0.5) is 10.1 Å². The van der Waals surface area contributed by atoms with Crippen LogP contribution in [0.15, 0.2) is 66.7 Å². The fourth-order valence-corrected chi connectivity index (χ4v) is 2.91. The largest absolute Gasteiger partial charge is 0.490 e. The van der Waals surface area contributed by atoms with Crippen LogP contribution in [0, 0.1) is 5.82 Å². The van der Waals surface area contributed by atoms with E-state index in [0.29, 0.717) is 29.7 Å². The molecule has 0 radical (unpaired) electrons. The van der Waals surface area contributed by atoms with Crippen LogP contribution in [-0.4, -0.2) is 6.61 Å². The van der Waals surface area contributed by atoms with Crippen molar-refractivity contribution >= 4 is 17.3 Å². The lowest BCUT2D eigenvalue weighted by molar-refractivity contribution is 0.269. The van der Waals surface area contributed by atoms with Crippen molar-refractivity contribution in [2.45, 2.75) is 20.1 Å². The number of anilines is 1. The Labute approximate surface area is 163 Å². The first kappa shape index (κ1) is 19.1. The van der Waals surface area contributed by atoms with Crippen LogP contribution in [0.1, 0.15) is 18.1 Å². The molecule has 140 valence electrons. The fraction of sp³-hybridized carbons (Fsp3) is 0.182. The number of benzene rings is 3. The summed E-state index contributed by atoms with van der Waals surface area (Å²) < 4.78 is 24.6. The van der Waals surface area contributed by atoms with Gasteiger partial charge >= 0.3 is 0 Å². The van der Waals surface area contributed by atoms with Gasteiger partial charge in [0.2, 0.25) is 0 Å². The standard InChI is InChI=1S/C22H21ClFNO2/c1-2-26-21-13-17(14-25-19-6-4-3-5-7-19)12-20(23)22(21)27-15-16-8-10-18(24)11-9-16/h3-13,25H,2,14-15H2,1H3. The Bertz CT molecular complexity index is 869. The first-order valence-electron chi connectivity index (χ1n) is 8.77. The van der Waals surface area contributed by atoms with Crippen molar-refractivity contribution in [2.75, 3.05) is 11.9 Å². The lowest BCUT2D eigenvalue weighted by Gasteiger charge is -2.16. The lowest BCUT2D eigenvalue weighted by atomic mass is 10.2. The highest BCUT2D eigenvalue weighted by Crippen LogP contribution is 2.37. The molecule has 0 unspecified atom stereocenters. The normalized spacial score (nSPS) is 10.5. The molecular weight excluding hydrogens is 365 g/mol. The summed E-state index contributed by atoms with van der Waals surface area (Å²) in [6.45, 7) is 3.30. The third-order valence-electron chi connectivity index (χ3n) is 3.94. The van der Waals surface area contributed by atoms with Crippen molar-refractivity contribution in [2.24, 2.45) is 0 Å². The maximum atomic E-state index is 13.0. The van der Waals surface area contributed by atoms with Gasteiger partial charge in [0.15, 0.2) is 11.5 Å². The highest BCUT2D eigenvalue weighted by Gasteiger charge is 2.13. The molecule has 0 aliphatic rings. The molecule has 0 fully saturated rings. The summed E-state index contributed by atoms with van der Waals surface area (Å²) in [6.07, 6.45) is 0. The van der Waals surface area contributed by atoms with Crippen LogP contribution in [0.25, 0.3) is 0 Å². The van der Waals surface area contributed by atoms with E-state index in [0.717, 1.165) is 16.8 Å². The zero-order chi connectivity index (χ0) is 19.1. The maximum absolute atomic E-state index is 13.0. The molecule has 3 aromatic carbocycles. The quantitative estimate of drug-likeness (QED) is 0.510. The van der Waals surface area contributed by atoms with Gasteiger partial charge in [-0.15, -0.1) is 0 Å². The summed E-state index contributed by atoms with van der Waals surface area (Å²) in [5, 5.41) is 3.83. The highest BCUT2D eigenvalue weighted by molar-refractivity contribution is 6.32. The molecule has 0 bridgehead atoms. The van der Waals surface area contributed by atoms with Crippen molar-refractivity contribution in [3.05, 3.63) is 88.7 Å². The van der Waals surface area contributed by atoms with Gasteiger partial charge in [-0.2, -0.15) is 0 Å². The SMILES string of the molecule is CCOc1cc(CNc2ccccc2)cc(Cl)c1OCc1ccc(F)cc1. The molecule has 0 saturated heterocycles. The number of hydrogen-bond donors (Lipinski definition) is 1. The Hall–Kier alpha value is -2.72. The zero-order valence-electron chi connectivity index (χ0n) is 15.0. The van der Waals surface area contributed by atoms with E-state index >= 15 is 0 Å². The van der Waals surface area contributed by atoms with Gasteiger partial charge in [0, 0.05) is 12.2 Å². The zero-order valence-corrected chi connectivity index (χ0v) is 15.8. The average Bonchev–Trinajstić information content (AvgIpc) is 2.68. The molecule has 1 N–H and O–H groups in total. The van der Waals surface area contributed by atoms with Gasteiger partial charge in [-0.05, 0) is 54.4 Å². The Kier molecular flexibility index (Phi) is 6.55. The average molecular weight is 386 g/mol. The van der Waals surface area contributed by atoms with Gasteiger partial charge in [0.05, 0.1) is 11.6 Å². The monoisotopic (exact) mass is 385 g/mol. The fourth-order valence-electron chi connectivity index (χ4n) is 2.62. The van der Waals surface area contributed by atoms with E-state index in [-0.39, 0.29) is 12.4 Å². The van der Waals surface area contributed by atoms with Gasteiger partial charge in [-0.3, -0.25) is 0 Å². The first-order valence-corrected chi connectivity index (χ1v) is 9.15. The van der Waals surface area contributed by atoms with Gasteiger partial charge in [0.25, 0.3) is 0 Å². The number of halogens is 2. The Morgan fingerprint density at radius 1 is 0.926 bits per heavy atom. The number of nitrogens with one attached hydrogen (secondary N) is 1. The summed E-state index contributed by atoms with van der Waals surface area (Å²) in [4.78, 5) is 0. The van der Waals surface area contributed by atoms with Gasteiger partial charge < -0.3 is 14.8 Å². The van der Waals surface area contributed by atoms with E-state index in [1.54, 1.807) is 12.1 Å². The molecule has 3 aromatic rings. The van der Waals surface area contributed by atoms with Crippen LogP contribution in [0.3, 0.4) is 0 Å². The molecule has 0 aliphatic heterocycles. The van der Waals surface area contributed by atoms with E-state index in [1.807, 2.05) is 49.4 Å². The molecule has 27 heavy (non-hydrogen) atoms. The Morgan fingerprint density at radius 3 is 2.37 bits per heavy atom. The number of rotatable bonds is 8. The first-order chi connectivity index (χ1) is 13.2. The van der Waals surface area contributed by atoms with Crippen molar-refractivity contribution in [3.8, 4) is 11.5 Å². The highest BCUT2D eigenvalue weighted by atomic mass is 35.5. The number of para-hydroxylation sites is 1. The third kappa shape index (κ3) is 5.38. The smallest absolute Gasteiger partial charge is 0.180 e. The van der Waals surface area contributed by atoms with Crippen molar-refractivity contribution < 1.29 is 13.9 Å². The molecule has 0 amide bonds. The van der Waals surface area contributed by atoms with E-state index in [2.05, 4.69) is 5.32 Å². The minimum Gasteiger partial charge on any atom is -0.490 e. The second kappa shape index (κ2) is 9.28. The summed E-state index contributed by atoms with van der Waals surface area (Å²) in [7, 11) is 0. The number of ether oxygens (including phenoxy) is 2. The second-order valence-corrected chi connectivity index (χ2v) is 6.38. The molecule has 0 heterocycles. The topological polar surface area (TPSA) is 30.5 Å². The van der Waals surface area contributed by atoms with Crippen LogP contribution in [0.2, 0.25) is 5.02 Å². The molecule has 0 atom stereocenters. The summed E-state index contributed by atoms with van der Waals surface area (Å²) >= 11 is 6.45. The van der Waals surface area contributed by atoms with E-state index < -0.39 is 0 Å². The molecule has 0 aromatic heterocycles. The summed E-state index contributed by atoms with van der Waals surface area (Å²) in [5.41, 5.74) is 2.87. The molecule has 3 nitrogen and oxygen atoms in total. The van der Waals surface area contributed by atoms with Gasteiger partial charge in [-0.25, -0.2) is 4.39 Å². The predicted molar refractivity (Wildman–Crippen MR) is 107 cm³/mol. The molecular formula is C22H21ClFNO2. The van der Waals surface area contributed by atoms with Crippen LogP contribution >= 0.6 is 11.6 Å². The lowest BCUT2D eigenvalue weighted by Crippen LogP contribution is -2.04. The Morgan fingerprint density at radius 2 is 1.67 bits per heavy atom. The minimum absolute atomic E-state index is 0.276. The van der Waals surface area contributed by atoms with Crippen LogP contribution < -0.4 is 14.8 Å². The third-order valence-corrected chi connectivity index (χ3v) is 4.22. The Balaban J connectivity index is 1.74. The van der Waals surface area contributed by atoms with Crippen molar-refractivity contribution in [1.29, 1.82) is 0 Å². The predicted octanol–water partition coefficient (Wildman–Crippen LogP) is 6.07. The minimum atomic E-state index is -0.276. The number of hydrogen-bond acceptors (Lipinski definition) is 3. The molecule has 0 aliphatic carbocycles. The van der Waals surface area contributed by atoms with Gasteiger partial charge in [0.1, 0.15) is 12.4 Å². The van der Waals surface area contributed by atoms with Gasteiger partial charge in [-0.1, -0.05) is 41.9 Å². The molecule has 0 saturated carbocycles. The van der Waals surface area contributed by atoms with Crippen molar-refractivity contribution in [1.82, 2.24) is 0 Å². The van der Waals surface area contributed by atoms with Crippen LogP contribution in [0.5, 0.6) is 11.5 Å². The molecule has 5 heteroatoms. The molecule has 0 spiro atoms. The van der Waals surface area contributed by atoms with E-state index in [4.69, 9.17) is 21.1 Å². The van der Waals surface area contributed by atoms with E-state index in [1.165, 1.54) is 12.1 Å². The molecule has 3 rings (SSSR count). The van der Waals surface area contributed by atoms with Crippen molar-refractivity contribution in [3.63, 3.8) is 0 Å². The second-order valence-electron chi connectivity index (χ2n) is 5.97. The maximum Gasteiger partial charge on any atom is 0.180 e.